The van der Waals surface area contributed by atoms with E-state index in [1.807, 2.05) is 24.3 Å². The third-order valence-corrected chi connectivity index (χ3v) is 7.91. The second-order valence-electron chi connectivity index (χ2n) is 11.6. The van der Waals surface area contributed by atoms with E-state index in [4.69, 9.17) is 9.72 Å². The first-order chi connectivity index (χ1) is 19.4. The van der Waals surface area contributed by atoms with E-state index in [0.29, 0.717) is 12.5 Å². The summed E-state index contributed by atoms with van der Waals surface area (Å²) in [4.78, 5) is 13.4. The molecule has 2 aromatic carbocycles. The highest BCUT2D eigenvalue weighted by atomic mass is 19.1. The van der Waals surface area contributed by atoms with Crippen molar-refractivity contribution in [2.45, 2.75) is 46.8 Å². The fourth-order valence-corrected chi connectivity index (χ4v) is 5.70. The molecule has 0 saturated heterocycles. The first kappa shape index (κ1) is 26.3. The van der Waals surface area contributed by atoms with Crippen molar-refractivity contribution in [1.29, 1.82) is 0 Å². The maximum atomic E-state index is 13.5. The molecule has 1 radical (unpaired) electrons. The summed E-state index contributed by atoms with van der Waals surface area (Å²) in [6.45, 7) is 7.57. The maximum absolute atomic E-state index is 13.5. The van der Waals surface area contributed by atoms with E-state index >= 15 is 0 Å². The molecule has 0 N–H and O–H groups in total. The van der Waals surface area contributed by atoms with Crippen LogP contribution >= 0.6 is 0 Å². The van der Waals surface area contributed by atoms with E-state index in [9.17, 15) is 4.39 Å². The summed E-state index contributed by atoms with van der Waals surface area (Å²) < 4.78 is 19.4. The lowest BCUT2D eigenvalue weighted by atomic mass is 9.59. The molecule has 4 nitrogen and oxygen atoms in total. The van der Waals surface area contributed by atoms with E-state index in [2.05, 4.69) is 73.2 Å². The third kappa shape index (κ3) is 5.39. The van der Waals surface area contributed by atoms with Gasteiger partial charge in [0.1, 0.15) is 0 Å². The Balaban J connectivity index is 1.34. The Morgan fingerprint density at radius 3 is 2.27 bits per heavy atom. The van der Waals surface area contributed by atoms with E-state index in [1.54, 1.807) is 18.2 Å². The fraction of sp³-hybridized carbons (Fsp3) is 0.257. The number of pyridine rings is 3. The molecule has 0 bridgehead atoms. The average molecular weight is 531 g/mol. The molecule has 1 unspecified atom stereocenters. The van der Waals surface area contributed by atoms with Gasteiger partial charge < -0.3 is 4.74 Å². The highest BCUT2D eigenvalue weighted by Crippen LogP contribution is 2.51. The molecule has 1 atom stereocenters. The van der Waals surface area contributed by atoms with Crippen molar-refractivity contribution in [3.05, 3.63) is 120 Å². The Hall–Kier alpha value is -3.96. The third-order valence-electron chi connectivity index (χ3n) is 7.91. The summed E-state index contributed by atoms with van der Waals surface area (Å²) in [5, 5.41) is 0.945. The second-order valence-corrected chi connectivity index (χ2v) is 11.6. The lowest BCUT2D eigenvalue weighted by molar-refractivity contribution is 0.105. The molecule has 0 aliphatic heterocycles. The van der Waals surface area contributed by atoms with Crippen molar-refractivity contribution in [3.8, 4) is 22.4 Å². The van der Waals surface area contributed by atoms with Crippen LogP contribution in [0, 0.1) is 23.2 Å². The summed E-state index contributed by atoms with van der Waals surface area (Å²) >= 11 is 0. The van der Waals surface area contributed by atoms with Crippen LogP contribution in [0.4, 0.5) is 4.39 Å². The second kappa shape index (κ2) is 10.9. The molecule has 1 aliphatic rings. The molecule has 3 heterocycles. The fourth-order valence-electron chi connectivity index (χ4n) is 5.70. The first-order valence-corrected chi connectivity index (χ1v) is 13.9. The van der Waals surface area contributed by atoms with Crippen LogP contribution in [0.15, 0.2) is 91.3 Å². The van der Waals surface area contributed by atoms with E-state index in [-0.39, 0.29) is 12.0 Å². The summed E-state index contributed by atoms with van der Waals surface area (Å²) in [5.74, 6) is 1.70. The van der Waals surface area contributed by atoms with Crippen molar-refractivity contribution in [2.75, 3.05) is 0 Å². The number of fused-ring (bicyclic) bond motifs is 1. The van der Waals surface area contributed by atoms with Crippen LogP contribution in [0.2, 0.25) is 0 Å². The van der Waals surface area contributed by atoms with E-state index < -0.39 is 5.95 Å². The van der Waals surface area contributed by atoms with Crippen molar-refractivity contribution in [3.63, 3.8) is 0 Å². The van der Waals surface area contributed by atoms with E-state index in [0.717, 1.165) is 44.5 Å². The van der Waals surface area contributed by atoms with Crippen LogP contribution < -0.4 is 0 Å². The van der Waals surface area contributed by atoms with Gasteiger partial charge in [0.2, 0.25) is 5.95 Å². The van der Waals surface area contributed by atoms with Gasteiger partial charge in [-0.05, 0) is 65.1 Å². The number of nitrogens with zero attached hydrogens (tertiary/aromatic N) is 3. The SMILES string of the molecule is CC(C)(C)C1CC[C]1c1ccc(-c2nc3ccnc(COCc4ccnc(F)c4)c3cc2-c2ccccc2)cc1. The van der Waals surface area contributed by atoms with Gasteiger partial charge >= 0.3 is 0 Å². The zero-order chi connectivity index (χ0) is 27.7. The number of benzene rings is 2. The van der Waals surface area contributed by atoms with Crippen LogP contribution in [-0.4, -0.2) is 15.0 Å². The van der Waals surface area contributed by atoms with Crippen LogP contribution in [0.3, 0.4) is 0 Å². The molecule has 1 aliphatic carbocycles. The van der Waals surface area contributed by atoms with Crippen molar-refractivity contribution in [2.24, 2.45) is 11.3 Å². The molecule has 40 heavy (non-hydrogen) atoms. The zero-order valence-electron chi connectivity index (χ0n) is 23.2. The Kier molecular flexibility index (Phi) is 7.16. The van der Waals surface area contributed by atoms with Gasteiger partial charge in [-0.1, -0.05) is 75.4 Å². The van der Waals surface area contributed by atoms with Crippen LogP contribution in [0.25, 0.3) is 33.3 Å². The van der Waals surface area contributed by atoms with Crippen molar-refractivity contribution in [1.82, 2.24) is 15.0 Å². The predicted molar refractivity (Wildman–Crippen MR) is 158 cm³/mol. The van der Waals surface area contributed by atoms with Gasteiger partial charge in [-0.2, -0.15) is 4.39 Å². The highest BCUT2D eigenvalue weighted by molar-refractivity contribution is 5.92. The van der Waals surface area contributed by atoms with Gasteiger partial charge in [0.25, 0.3) is 0 Å². The van der Waals surface area contributed by atoms with Gasteiger partial charge in [0.15, 0.2) is 0 Å². The molecule has 3 aromatic heterocycles. The normalized spacial score (nSPS) is 15.8. The Labute approximate surface area is 235 Å². The largest absolute Gasteiger partial charge is 0.370 e. The van der Waals surface area contributed by atoms with E-state index in [1.165, 1.54) is 30.7 Å². The lowest BCUT2D eigenvalue weighted by Gasteiger charge is -2.45. The Bertz CT molecular complexity index is 1630. The number of hydrogen-bond donors (Lipinski definition) is 0. The maximum Gasteiger partial charge on any atom is 0.213 e. The van der Waals surface area contributed by atoms with Gasteiger partial charge in [0, 0.05) is 34.8 Å². The standard InChI is InChI=1S/C35H33FN3O/c1-35(2,3)30-14-13-27(30)25-9-11-26(12-10-25)34-28(24-7-5-4-6-8-24)20-29-31(39-34)16-18-37-32(29)22-40-21-23-15-17-38-33(36)19-23/h4-12,15-20,30H,13-14,21-22H2,1-3H3. The molecule has 1 saturated carbocycles. The van der Waals surface area contributed by atoms with Gasteiger partial charge in [-0.25, -0.2) is 9.97 Å². The Morgan fingerprint density at radius 2 is 1.57 bits per heavy atom. The number of hydrogen-bond acceptors (Lipinski definition) is 4. The summed E-state index contributed by atoms with van der Waals surface area (Å²) in [7, 11) is 0. The average Bonchev–Trinajstić information content (AvgIpc) is 2.92. The highest BCUT2D eigenvalue weighted by Gasteiger charge is 2.40. The van der Waals surface area contributed by atoms with Crippen molar-refractivity contribution < 1.29 is 9.13 Å². The molecule has 5 heteroatoms. The molecule has 1 fully saturated rings. The van der Waals surface area contributed by atoms with Crippen LogP contribution in [0.5, 0.6) is 0 Å². The van der Waals surface area contributed by atoms with Crippen LogP contribution in [-0.2, 0) is 18.0 Å². The molecule has 0 spiro atoms. The van der Waals surface area contributed by atoms with Gasteiger partial charge in [-0.3, -0.25) is 4.98 Å². The molecule has 0 amide bonds. The van der Waals surface area contributed by atoms with Crippen molar-refractivity contribution >= 4 is 10.9 Å². The summed E-state index contributed by atoms with van der Waals surface area (Å²) in [5.41, 5.74) is 8.21. The van der Waals surface area contributed by atoms with Gasteiger partial charge in [0.05, 0.1) is 30.1 Å². The minimum absolute atomic E-state index is 0.274. The summed E-state index contributed by atoms with van der Waals surface area (Å²) in [6.07, 6.45) is 5.67. The minimum atomic E-state index is -0.512. The number of rotatable bonds is 7. The minimum Gasteiger partial charge on any atom is -0.370 e. The smallest absolute Gasteiger partial charge is 0.213 e. The Morgan fingerprint density at radius 1 is 0.825 bits per heavy atom. The number of halogens is 1. The number of aromatic nitrogens is 3. The first-order valence-electron chi connectivity index (χ1n) is 13.9. The molecule has 201 valence electrons. The molecular weight excluding hydrogens is 497 g/mol. The number of ether oxygens (including phenoxy) is 1. The predicted octanol–water partition coefficient (Wildman–Crippen LogP) is 8.59. The quantitative estimate of drug-likeness (QED) is 0.198. The molecule has 6 rings (SSSR count). The lowest BCUT2D eigenvalue weighted by Crippen LogP contribution is -2.35. The van der Waals surface area contributed by atoms with Gasteiger partial charge in [-0.15, -0.1) is 0 Å². The molecular formula is C35H33FN3O. The topological polar surface area (TPSA) is 47.9 Å². The molecule has 5 aromatic rings. The van der Waals surface area contributed by atoms with Crippen LogP contribution in [0.1, 0.15) is 50.4 Å². The summed E-state index contributed by atoms with van der Waals surface area (Å²) in [6, 6.07) is 26.5. The zero-order valence-corrected chi connectivity index (χ0v) is 23.2. The monoisotopic (exact) mass is 530 g/mol.